The van der Waals surface area contributed by atoms with Gasteiger partial charge in [0, 0.05) is 19.0 Å². The van der Waals surface area contributed by atoms with Gasteiger partial charge in [-0.25, -0.2) is 0 Å². The number of carbonyl (C=O) groups excluding carboxylic acids is 5. The number of carbonyl (C=O) groups is 6. The van der Waals surface area contributed by atoms with E-state index in [1.165, 1.54) is 19.4 Å². The zero-order valence-electron chi connectivity index (χ0n) is 33.6. The third-order valence-electron chi connectivity index (χ3n) is 14.3. The van der Waals surface area contributed by atoms with Gasteiger partial charge >= 0.3 is 5.97 Å². The molecule has 6 N–H and O–H groups in total. The third-order valence-corrected chi connectivity index (χ3v) is 14.3. The summed E-state index contributed by atoms with van der Waals surface area (Å²) in [6, 6.07) is 9.33. The van der Waals surface area contributed by atoms with Crippen molar-refractivity contribution in [2.75, 3.05) is 5.32 Å². The van der Waals surface area contributed by atoms with E-state index < -0.39 is 52.0 Å². The first-order chi connectivity index (χ1) is 26.3. The summed E-state index contributed by atoms with van der Waals surface area (Å²) in [4.78, 5) is 78.0. The molecular formula is C44H58N4O8. The molecule has 0 aliphatic heterocycles. The number of aryl methyl sites for hydroxylation is 2. The van der Waals surface area contributed by atoms with Crippen LogP contribution >= 0.6 is 0 Å². The minimum absolute atomic E-state index is 0.0251. The maximum atomic E-state index is 14.6. The van der Waals surface area contributed by atoms with Crippen molar-refractivity contribution in [3.8, 4) is 5.75 Å². The Kier molecular flexibility index (Phi) is 11.2. The number of benzene rings is 2. The number of carboxylic acids is 1. The highest BCUT2D eigenvalue weighted by molar-refractivity contribution is 6.01. The number of hydrogen-bond donors (Lipinski definition) is 6. The Bertz CT molecular complexity index is 1950. The lowest BCUT2D eigenvalue weighted by Crippen LogP contribution is -2.60. The number of amides is 5. The molecule has 0 aromatic heterocycles. The number of phenols is 1. The molecule has 12 heteroatoms. The van der Waals surface area contributed by atoms with E-state index in [0.717, 1.165) is 68.1 Å². The molecule has 0 saturated heterocycles. The fourth-order valence-electron chi connectivity index (χ4n) is 11.3. The van der Waals surface area contributed by atoms with Crippen LogP contribution in [0.4, 0.5) is 5.69 Å². The van der Waals surface area contributed by atoms with E-state index in [4.69, 9.17) is 5.11 Å². The topological polar surface area (TPSA) is 191 Å². The Morgan fingerprint density at radius 3 is 1.82 bits per heavy atom. The molecule has 2 fully saturated rings. The predicted molar refractivity (Wildman–Crippen MR) is 211 cm³/mol. The van der Waals surface area contributed by atoms with Crippen LogP contribution in [0, 0.1) is 22.7 Å². The van der Waals surface area contributed by atoms with Crippen LogP contribution in [0.3, 0.4) is 0 Å². The van der Waals surface area contributed by atoms with Crippen LogP contribution in [-0.2, 0) is 52.4 Å². The highest BCUT2D eigenvalue weighted by Crippen LogP contribution is 2.59. The highest BCUT2D eigenvalue weighted by atomic mass is 16.4. The number of fused-ring (bicyclic) bond motifs is 6. The Morgan fingerprint density at radius 1 is 0.750 bits per heavy atom. The molecule has 2 saturated carbocycles. The summed E-state index contributed by atoms with van der Waals surface area (Å²) in [5, 5.41) is 30.4. The quantitative estimate of drug-likeness (QED) is 0.169. The van der Waals surface area contributed by atoms with Gasteiger partial charge < -0.3 is 26.2 Å². The summed E-state index contributed by atoms with van der Waals surface area (Å²) in [5.74, 6) is -2.96. The normalized spacial score (nSPS) is 30.1. The summed E-state index contributed by atoms with van der Waals surface area (Å²) >= 11 is 0. The van der Waals surface area contributed by atoms with E-state index in [9.17, 15) is 33.9 Å². The van der Waals surface area contributed by atoms with Gasteiger partial charge in [-0.2, -0.15) is 0 Å². The molecule has 0 unspecified atom stereocenters. The van der Waals surface area contributed by atoms with Crippen molar-refractivity contribution in [1.82, 2.24) is 16.0 Å². The fraction of sp³-hybridized carbons (Fsp3) is 0.591. The third kappa shape index (κ3) is 7.43. The number of aliphatic carboxylic acids is 1. The van der Waals surface area contributed by atoms with Gasteiger partial charge in [-0.15, -0.1) is 0 Å². The lowest BCUT2D eigenvalue weighted by molar-refractivity contribution is -0.150. The van der Waals surface area contributed by atoms with Crippen LogP contribution in [-0.4, -0.2) is 57.8 Å². The van der Waals surface area contributed by atoms with Gasteiger partial charge in [0.25, 0.3) is 0 Å². The van der Waals surface area contributed by atoms with Crippen molar-refractivity contribution >= 4 is 41.2 Å². The monoisotopic (exact) mass is 770 g/mol. The van der Waals surface area contributed by atoms with Crippen molar-refractivity contribution < 1.29 is 39.0 Å². The van der Waals surface area contributed by atoms with E-state index in [-0.39, 0.29) is 47.7 Å². The van der Waals surface area contributed by atoms with E-state index in [1.54, 1.807) is 6.07 Å². The highest BCUT2D eigenvalue weighted by Gasteiger charge is 2.58. The molecular weight excluding hydrogens is 713 g/mol. The maximum Gasteiger partial charge on any atom is 0.303 e. The van der Waals surface area contributed by atoms with Crippen LogP contribution in [0.5, 0.6) is 5.75 Å². The van der Waals surface area contributed by atoms with Gasteiger partial charge in [0.05, 0.1) is 10.8 Å². The summed E-state index contributed by atoms with van der Waals surface area (Å²) < 4.78 is 0. The minimum atomic E-state index is -1.11. The SMILES string of the molecule is CC(=O)N[C@@H](CCC(=O)O)C(=O)N[C@@H](C)C(=O)Nc1ccc2c(c1)[C@@]1(C)CCC[C@](C)(C(=O)NC(=O)[C@@]3(C)CCC[C@]4(C)c5cc(O)ccc5CC[C@@H]34)[C@@H]1CC2. The summed E-state index contributed by atoms with van der Waals surface area (Å²) in [6.07, 6.45) is 7.52. The second-order valence-electron chi connectivity index (χ2n) is 18.0. The number of phenolic OH excluding ortho intramolecular Hbond substituents is 1. The lowest BCUT2D eigenvalue weighted by atomic mass is 9.49. The molecule has 4 aliphatic rings. The molecule has 12 nitrogen and oxygen atoms in total. The fourth-order valence-corrected chi connectivity index (χ4v) is 11.3. The number of hydrogen-bond acceptors (Lipinski definition) is 7. The van der Waals surface area contributed by atoms with Gasteiger partial charge in [0.1, 0.15) is 17.8 Å². The smallest absolute Gasteiger partial charge is 0.303 e. The van der Waals surface area contributed by atoms with Crippen LogP contribution in [0.25, 0.3) is 0 Å². The zero-order chi connectivity index (χ0) is 40.8. The second kappa shape index (κ2) is 15.3. The predicted octanol–water partition coefficient (Wildman–Crippen LogP) is 5.57. The number of imide groups is 1. The molecule has 0 radical (unpaired) electrons. The van der Waals surface area contributed by atoms with Gasteiger partial charge in [-0.3, -0.25) is 34.1 Å². The molecule has 0 heterocycles. The van der Waals surface area contributed by atoms with Crippen molar-refractivity contribution in [3.05, 3.63) is 58.7 Å². The Balaban J connectivity index is 1.17. The van der Waals surface area contributed by atoms with Crippen LogP contribution < -0.4 is 21.3 Å². The first-order valence-corrected chi connectivity index (χ1v) is 20.2. The Labute approximate surface area is 329 Å². The summed E-state index contributed by atoms with van der Waals surface area (Å²) in [7, 11) is 0. The number of aromatic hydroxyl groups is 1. The summed E-state index contributed by atoms with van der Waals surface area (Å²) in [6.45, 7) is 11.2. The van der Waals surface area contributed by atoms with Crippen LogP contribution in [0.15, 0.2) is 36.4 Å². The molecule has 2 aromatic rings. The van der Waals surface area contributed by atoms with Crippen molar-refractivity contribution in [3.63, 3.8) is 0 Å². The zero-order valence-corrected chi connectivity index (χ0v) is 33.6. The molecule has 6 rings (SSSR count). The largest absolute Gasteiger partial charge is 0.508 e. The molecule has 4 aliphatic carbocycles. The van der Waals surface area contributed by atoms with Gasteiger partial charge in [-0.05, 0) is 134 Å². The van der Waals surface area contributed by atoms with E-state index in [2.05, 4.69) is 35.1 Å². The summed E-state index contributed by atoms with van der Waals surface area (Å²) in [5.41, 5.74) is 2.86. The molecule has 56 heavy (non-hydrogen) atoms. The molecule has 0 spiro atoms. The van der Waals surface area contributed by atoms with Gasteiger partial charge in [-0.1, -0.05) is 52.7 Å². The second-order valence-corrected chi connectivity index (χ2v) is 18.0. The van der Waals surface area contributed by atoms with Crippen LogP contribution in [0.1, 0.15) is 128 Å². The van der Waals surface area contributed by atoms with Gasteiger partial charge in [0.15, 0.2) is 0 Å². The lowest BCUT2D eigenvalue weighted by Gasteiger charge is -2.56. The average Bonchev–Trinajstić information content (AvgIpc) is 3.13. The minimum Gasteiger partial charge on any atom is -0.508 e. The Hall–Kier alpha value is -4.74. The first-order valence-electron chi connectivity index (χ1n) is 20.2. The van der Waals surface area contributed by atoms with Crippen molar-refractivity contribution in [2.24, 2.45) is 22.7 Å². The first kappa shape index (κ1) is 40.9. The maximum absolute atomic E-state index is 14.6. The number of nitrogens with one attached hydrogen (secondary N) is 4. The number of carboxylic acid groups (broad SMARTS) is 1. The van der Waals surface area contributed by atoms with Crippen molar-refractivity contribution in [1.29, 1.82) is 0 Å². The standard InChI is InChI=1S/C44H58N4O8/c1-25(45-38(54)33(46-26(2)49)15-18-36(51)52)37(53)47-29-13-9-27-11-16-34-41(3,31(27)23-29)19-7-21-43(34,5)39(55)48-40(56)44(6)22-8-20-42(4)32-24-30(50)14-10-28(32)12-17-35(42)44/h9-10,13-14,23-25,33-35,50H,7-8,11-12,15-22H2,1-6H3,(H,45,54)(H,46,49)(H,47,53)(H,51,52)(H,48,55,56)/t25-,33-,34+,35+,41+,42+,43-,44-/m0/s1. The number of anilines is 1. The van der Waals surface area contributed by atoms with E-state index >= 15 is 0 Å². The molecule has 0 bridgehead atoms. The van der Waals surface area contributed by atoms with Crippen LogP contribution in [0.2, 0.25) is 0 Å². The van der Waals surface area contributed by atoms with Gasteiger partial charge in [0.2, 0.25) is 29.5 Å². The average molecular weight is 771 g/mol. The molecule has 302 valence electrons. The number of rotatable bonds is 10. The van der Waals surface area contributed by atoms with Crippen molar-refractivity contribution in [2.45, 2.75) is 142 Å². The van der Waals surface area contributed by atoms with E-state index in [1.807, 2.05) is 44.2 Å². The molecule has 5 amide bonds. The van der Waals surface area contributed by atoms with E-state index in [0.29, 0.717) is 18.5 Å². The molecule has 8 atom stereocenters. The Morgan fingerprint density at radius 2 is 1.29 bits per heavy atom. The molecule has 2 aromatic carbocycles.